The molecule has 0 radical (unpaired) electrons. The first-order valence-electron chi connectivity index (χ1n) is 8.39. The summed E-state index contributed by atoms with van der Waals surface area (Å²) in [7, 11) is 1.61. The molecule has 0 saturated carbocycles. The van der Waals surface area contributed by atoms with Crippen molar-refractivity contribution in [2.45, 2.75) is 27.0 Å². The second kappa shape index (κ2) is 9.12. The van der Waals surface area contributed by atoms with Crippen molar-refractivity contribution in [2.24, 2.45) is 0 Å². The first-order valence-corrected chi connectivity index (χ1v) is 8.39. The second-order valence-corrected chi connectivity index (χ2v) is 6.25. The molecule has 0 saturated heterocycles. The van der Waals surface area contributed by atoms with E-state index in [2.05, 4.69) is 10.1 Å². The Kier molecular flexibility index (Phi) is 6.87. The summed E-state index contributed by atoms with van der Waals surface area (Å²) < 4.78 is 28.6. The highest BCUT2D eigenvalue weighted by molar-refractivity contribution is 5.96. The molecule has 5 nitrogen and oxygen atoms in total. The summed E-state index contributed by atoms with van der Waals surface area (Å²) >= 11 is 0. The van der Waals surface area contributed by atoms with Gasteiger partial charge < -0.3 is 15.0 Å². The molecular weight excluding hydrogens is 354 g/mol. The number of hydrogen-bond acceptors (Lipinski definition) is 3. The molecular formula is C20H22F2N2O3. The number of hydrogen-bond donors (Lipinski definition) is 1. The number of likely N-dealkylation sites (N-methyl/N-ethyl adjacent to an activating group) is 1. The number of carbonyl (C=O) groups excluding carboxylic acids is 2. The molecule has 2 aromatic rings. The largest absolute Gasteiger partial charge is 0.435 e. The van der Waals surface area contributed by atoms with Crippen molar-refractivity contribution < 1.29 is 23.1 Å². The molecule has 144 valence electrons. The smallest absolute Gasteiger partial charge is 0.387 e. The predicted molar refractivity (Wildman–Crippen MR) is 97.8 cm³/mol. The highest BCUT2D eigenvalue weighted by Gasteiger charge is 2.13. The predicted octanol–water partition coefficient (Wildman–Crippen LogP) is 3.29. The van der Waals surface area contributed by atoms with E-state index in [1.807, 2.05) is 19.9 Å². The van der Waals surface area contributed by atoms with Crippen LogP contribution in [0, 0.1) is 13.8 Å². The Morgan fingerprint density at radius 1 is 1.07 bits per heavy atom. The number of amides is 2. The molecule has 0 bridgehead atoms. The van der Waals surface area contributed by atoms with Crippen molar-refractivity contribution in [1.29, 1.82) is 0 Å². The zero-order chi connectivity index (χ0) is 20.0. The molecule has 0 heterocycles. The van der Waals surface area contributed by atoms with Crippen LogP contribution in [0.2, 0.25) is 0 Å². The first kappa shape index (κ1) is 20.4. The van der Waals surface area contributed by atoms with Gasteiger partial charge in [0.1, 0.15) is 5.75 Å². The topological polar surface area (TPSA) is 58.6 Å². The minimum Gasteiger partial charge on any atom is -0.435 e. The Morgan fingerprint density at radius 3 is 2.33 bits per heavy atom. The van der Waals surface area contributed by atoms with Crippen LogP contribution >= 0.6 is 0 Å². The Balaban J connectivity index is 1.86. The summed E-state index contributed by atoms with van der Waals surface area (Å²) in [6, 6.07) is 11.4. The average Bonchev–Trinajstić information content (AvgIpc) is 2.62. The van der Waals surface area contributed by atoms with Gasteiger partial charge in [0.2, 0.25) is 5.91 Å². The molecule has 7 heteroatoms. The van der Waals surface area contributed by atoms with Gasteiger partial charge in [-0.1, -0.05) is 18.2 Å². The lowest BCUT2D eigenvalue weighted by atomic mass is 10.1. The third kappa shape index (κ3) is 6.06. The normalized spacial score (nSPS) is 10.6. The van der Waals surface area contributed by atoms with Gasteiger partial charge in [0.05, 0.1) is 6.54 Å². The van der Waals surface area contributed by atoms with Crippen molar-refractivity contribution in [3.63, 3.8) is 0 Å². The quantitative estimate of drug-likeness (QED) is 0.807. The van der Waals surface area contributed by atoms with Gasteiger partial charge in [0.25, 0.3) is 5.91 Å². The van der Waals surface area contributed by atoms with Gasteiger partial charge in [-0.15, -0.1) is 0 Å². The lowest BCUT2D eigenvalue weighted by molar-refractivity contribution is -0.129. The summed E-state index contributed by atoms with van der Waals surface area (Å²) in [6.45, 7) is 1.16. The molecule has 0 aromatic heterocycles. The minimum absolute atomic E-state index is 0.0587. The molecule has 2 rings (SSSR count). The van der Waals surface area contributed by atoms with E-state index in [0.717, 1.165) is 16.7 Å². The van der Waals surface area contributed by atoms with Gasteiger partial charge in [0.15, 0.2) is 0 Å². The number of carbonyl (C=O) groups is 2. The Bertz CT molecular complexity index is 807. The van der Waals surface area contributed by atoms with Crippen LogP contribution in [0.4, 0.5) is 8.78 Å². The molecule has 2 amide bonds. The van der Waals surface area contributed by atoms with E-state index >= 15 is 0 Å². The molecule has 0 atom stereocenters. The Hall–Kier alpha value is -2.96. The lowest BCUT2D eigenvalue weighted by Gasteiger charge is -2.18. The van der Waals surface area contributed by atoms with Crippen molar-refractivity contribution >= 4 is 11.8 Å². The number of alkyl halides is 2. The average molecular weight is 376 g/mol. The van der Waals surface area contributed by atoms with Crippen LogP contribution in [0.5, 0.6) is 5.75 Å². The van der Waals surface area contributed by atoms with Gasteiger partial charge in [-0.2, -0.15) is 8.78 Å². The molecule has 1 N–H and O–H groups in total. The summed E-state index contributed by atoms with van der Waals surface area (Å²) in [6.07, 6.45) is 0. The highest BCUT2D eigenvalue weighted by atomic mass is 19.3. The van der Waals surface area contributed by atoms with E-state index in [0.29, 0.717) is 5.56 Å². The Labute approximate surface area is 156 Å². The number of aryl methyl sites for hydroxylation is 2. The van der Waals surface area contributed by atoms with Gasteiger partial charge in [-0.05, 0) is 54.8 Å². The van der Waals surface area contributed by atoms with E-state index < -0.39 is 6.61 Å². The fraction of sp³-hybridized carbons (Fsp3) is 0.300. The van der Waals surface area contributed by atoms with Crippen molar-refractivity contribution in [1.82, 2.24) is 10.2 Å². The van der Waals surface area contributed by atoms with Crippen molar-refractivity contribution in [2.75, 3.05) is 13.6 Å². The highest BCUT2D eigenvalue weighted by Crippen LogP contribution is 2.15. The molecule has 0 aliphatic rings. The third-order valence-electron chi connectivity index (χ3n) is 4.16. The van der Waals surface area contributed by atoms with E-state index in [1.165, 1.54) is 17.0 Å². The lowest BCUT2D eigenvalue weighted by Crippen LogP contribution is -2.37. The second-order valence-electron chi connectivity index (χ2n) is 6.25. The van der Waals surface area contributed by atoms with Crippen LogP contribution in [0.25, 0.3) is 0 Å². The molecule has 27 heavy (non-hydrogen) atoms. The monoisotopic (exact) mass is 376 g/mol. The van der Waals surface area contributed by atoms with Gasteiger partial charge in [0, 0.05) is 19.2 Å². The van der Waals surface area contributed by atoms with Crippen molar-refractivity contribution in [3.05, 3.63) is 64.7 Å². The number of benzene rings is 2. The summed E-state index contributed by atoms with van der Waals surface area (Å²) in [5, 5.41) is 2.61. The maximum Gasteiger partial charge on any atom is 0.387 e. The summed E-state index contributed by atoms with van der Waals surface area (Å²) in [5.74, 6) is -0.517. The summed E-state index contributed by atoms with van der Waals surface area (Å²) in [4.78, 5) is 25.8. The number of nitrogens with zero attached hydrogens (tertiary/aromatic N) is 1. The molecule has 2 aromatic carbocycles. The van der Waals surface area contributed by atoms with Crippen LogP contribution in [0.15, 0.2) is 42.5 Å². The van der Waals surface area contributed by atoms with E-state index in [-0.39, 0.29) is 30.7 Å². The molecule has 0 aliphatic carbocycles. The van der Waals surface area contributed by atoms with Crippen LogP contribution < -0.4 is 10.1 Å². The zero-order valence-corrected chi connectivity index (χ0v) is 15.5. The maximum atomic E-state index is 12.2. The zero-order valence-electron chi connectivity index (χ0n) is 15.5. The number of rotatable bonds is 7. The van der Waals surface area contributed by atoms with E-state index in [9.17, 15) is 18.4 Å². The van der Waals surface area contributed by atoms with Gasteiger partial charge >= 0.3 is 6.61 Å². The number of ether oxygens (including phenoxy) is 1. The first-order chi connectivity index (χ1) is 12.8. The van der Waals surface area contributed by atoms with Crippen LogP contribution in [-0.4, -0.2) is 36.9 Å². The minimum atomic E-state index is -2.87. The molecule has 0 spiro atoms. The van der Waals surface area contributed by atoms with E-state index in [1.54, 1.807) is 31.3 Å². The number of halogens is 2. The fourth-order valence-corrected chi connectivity index (χ4v) is 2.41. The third-order valence-corrected chi connectivity index (χ3v) is 4.16. The van der Waals surface area contributed by atoms with Crippen molar-refractivity contribution in [3.8, 4) is 5.75 Å². The van der Waals surface area contributed by atoms with Gasteiger partial charge in [-0.3, -0.25) is 9.59 Å². The fourth-order valence-electron chi connectivity index (χ4n) is 2.41. The molecule has 0 unspecified atom stereocenters. The SMILES string of the molecule is Cc1ccc(C(=O)NCC(=O)N(C)Cc2ccc(OC(F)F)cc2)cc1C. The van der Waals surface area contributed by atoms with Crippen LogP contribution in [0.3, 0.4) is 0 Å². The number of nitrogens with one attached hydrogen (secondary N) is 1. The summed E-state index contributed by atoms with van der Waals surface area (Å²) in [5.41, 5.74) is 3.36. The van der Waals surface area contributed by atoms with Crippen LogP contribution in [-0.2, 0) is 11.3 Å². The standard InChI is InChI=1S/C20H22F2N2O3/c1-13-4-7-16(10-14(13)2)19(26)23-11-18(25)24(3)12-15-5-8-17(9-6-15)27-20(21)22/h4-10,20H,11-12H2,1-3H3,(H,23,26). The molecule has 0 aliphatic heterocycles. The molecule has 0 fully saturated rings. The van der Waals surface area contributed by atoms with Crippen LogP contribution in [0.1, 0.15) is 27.0 Å². The maximum absolute atomic E-state index is 12.2. The van der Waals surface area contributed by atoms with E-state index in [4.69, 9.17) is 0 Å². The Morgan fingerprint density at radius 2 is 1.74 bits per heavy atom. The van der Waals surface area contributed by atoms with Gasteiger partial charge in [-0.25, -0.2) is 0 Å².